The largest absolute Gasteiger partial charge is 0.489 e. The lowest BCUT2D eigenvalue weighted by atomic mass is 10.1. The molecule has 5 nitrogen and oxygen atoms in total. The lowest BCUT2D eigenvalue weighted by molar-refractivity contribution is -0.138. The zero-order valence-corrected chi connectivity index (χ0v) is 15.3. The van der Waals surface area contributed by atoms with Gasteiger partial charge in [0.25, 0.3) is 0 Å². The number of hydrogen-bond donors (Lipinski definition) is 1. The monoisotopic (exact) mass is 446 g/mol. The summed E-state index contributed by atoms with van der Waals surface area (Å²) in [4.78, 5) is 0. The van der Waals surface area contributed by atoms with Crippen LogP contribution < -0.4 is 4.74 Å². The second-order valence-corrected chi connectivity index (χ2v) is 6.42. The zero-order valence-electron chi connectivity index (χ0n) is 14.6. The van der Waals surface area contributed by atoms with Crippen molar-refractivity contribution in [1.82, 2.24) is 15.4 Å². The Morgan fingerprint density at radius 1 is 1.03 bits per heavy atom. The smallest absolute Gasteiger partial charge is 0.416 e. The number of rotatable bonds is 4. The van der Waals surface area contributed by atoms with Crippen molar-refractivity contribution in [3.8, 4) is 23.1 Å². The molecule has 12 heteroatoms. The van der Waals surface area contributed by atoms with E-state index in [2.05, 4.69) is 15.4 Å². The summed E-state index contributed by atoms with van der Waals surface area (Å²) in [5.41, 5.74) is -3.01. The van der Waals surface area contributed by atoms with Crippen LogP contribution in [0.15, 0.2) is 36.4 Å². The third-order valence-corrected chi connectivity index (χ3v) is 4.17. The molecule has 30 heavy (non-hydrogen) atoms. The third-order valence-electron chi connectivity index (χ3n) is 3.93. The molecule has 1 N–H and O–H groups in total. The Labute approximate surface area is 169 Å². The van der Waals surface area contributed by atoms with E-state index in [1.807, 2.05) is 0 Å². The fraction of sp³-hybridized carbons (Fsp3) is 0.167. The highest BCUT2D eigenvalue weighted by molar-refractivity contribution is 6.30. The van der Waals surface area contributed by atoms with Crippen molar-refractivity contribution in [3.63, 3.8) is 0 Å². The van der Waals surface area contributed by atoms with Crippen LogP contribution in [0.2, 0.25) is 5.02 Å². The molecular formula is C18H9ClF6N4O. The fourth-order valence-electron chi connectivity index (χ4n) is 2.61. The molecule has 156 valence electrons. The number of aromatic amines is 1. The highest BCUT2D eigenvalue weighted by Gasteiger charge is 2.34. The number of hydrogen-bond acceptors (Lipinski definition) is 4. The summed E-state index contributed by atoms with van der Waals surface area (Å²) in [6, 6.07) is 7.00. The second kappa shape index (κ2) is 7.87. The minimum atomic E-state index is -4.78. The van der Waals surface area contributed by atoms with Gasteiger partial charge in [0.05, 0.1) is 11.1 Å². The van der Waals surface area contributed by atoms with Gasteiger partial charge >= 0.3 is 12.4 Å². The van der Waals surface area contributed by atoms with Gasteiger partial charge < -0.3 is 4.74 Å². The Hall–Kier alpha value is -3.26. The van der Waals surface area contributed by atoms with E-state index in [0.717, 1.165) is 30.3 Å². The second-order valence-electron chi connectivity index (χ2n) is 5.98. The number of benzene rings is 2. The number of ether oxygens (including phenoxy) is 1. The van der Waals surface area contributed by atoms with E-state index in [-0.39, 0.29) is 33.3 Å². The zero-order chi connectivity index (χ0) is 22.1. The highest BCUT2D eigenvalue weighted by atomic mass is 35.5. The molecule has 0 aliphatic rings. The minimum absolute atomic E-state index is 0.00703. The van der Waals surface area contributed by atoms with Crippen molar-refractivity contribution < 1.29 is 31.1 Å². The van der Waals surface area contributed by atoms with Crippen LogP contribution in [0.4, 0.5) is 26.3 Å². The fourth-order valence-corrected chi connectivity index (χ4v) is 2.80. The first-order valence-electron chi connectivity index (χ1n) is 8.01. The van der Waals surface area contributed by atoms with Gasteiger partial charge in [0.1, 0.15) is 24.1 Å². The molecule has 0 bridgehead atoms. The Balaban J connectivity index is 2.00. The van der Waals surface area contributed by atoms with Crippen molar-refractivity contribution in [2.45, 2.75) is 19.0 Å². The van der Waals surface area contributed by atoms with Crippen molar-refractivity contribution >= 4 is 11.6 Å². The van der Waals surface area contributed by atoms with Crippen LogP contribution in [0.5, 0.6) is 5.75 Å². The third kappa shape index (κ3) is 4.65. The number of H-pyrrole nitrogens is 1. The van der Waals surface area contributed by atoms with E-state index < -0.39 is 30.1 Å². The first-order chi connectivity index (χ1) is 14.0. The average molecular weight is 447 g/mol. The summed E-state index contributed by atoms with van der Waals surface area (Å²) in [7, 11) is 0. The molecule has 0 saturated carbocycles. The molecule has 0 spiro atoms. The maximum absolute atomic E-state index is 13.3. The van der Waals surface area contributed by atoms with E-state index in [4.69, 9.17) is 21.6 Å². The Kier molecular flexibility index (Phi) is 5.63. The Morgan fingerprint density at radius 2 is 1.77 bits per heavy atom. The van der Waals surface area contributed by atoms with Crippen molar-refractivity contribution in [2.75, 3.05) is 0 Å². The van der Waals surface area contributed by atoms with Crippen LogP contribution in [0.1, 0.15) is 22.4 Å². The number of aromatic nitrogens is 3. The lowest BCUT2D eigenvalue weighted by Crippen LogP contribution is -2.11. The maximum atomic E-state index is 13.3. The molecule has 0 atom stereocenters. The van der Waals surface area contributed by atoms with Crippen LogP contribution in [0.3, 0.4) is 0 Å². The van der Waals surface area contributed by atoms with E-state index >= 15 is 0 Å². The number of halogens is 7. The molecule has 3 rings (SSSR count). The van der Waals surface area contributed by atoms with E-state index in [1.54, 1.807) is 6.07 Å². The van der Waals surface area contributed by atoms with E-state index in [9.17, 15) is 26.3 Å². The van der Waals surface area contributed by atoms with Crippen LogP contribution >= 0.6 is 11.6 Å². The Bertz CT molecular complexity index is 1120. The first kappa shape index (κ1) is 21.4. The molecule has 0 aliphatic carbocycles. The number of nitrogens with zero attached hydrogens (tertiary/aromatic N) is 3. The quantitative estimate of drug-likeness (QED) is 0.528. The molecule has 1 aromatic heterocycles. The highest BCUT2D eigenvalue weighted by Crippen LogP contribution is 2.37. The number of alkyl halides is 6. The molecular weight excluding hydrogens is 438 g/mol. The summed E-state index contributed by atoms with van der Waals surface area (Å²) in [5, 5.41) is 18.2. The van der Waals surface area contributed by atoms with Gasteiger partial charge in [-0.25, -0.2) is 5.10 Å². The SMILES string of the molecule is N#Cc1[nH]nnc1-c1cc(OCc2cc(Cl)ccc2C(F)(F)F)cc(C(F)(F)F)c1. The summed E-state index contributed by atoms with van der Waals surface area (Å²) in [6.45, 7) is -0.694. The maximum Gasteiger partial charge on any atom is 0.416 e. The summed E-state index contributed by atoms with van der Waals surface area (Å²) in [5.74, 6) is -0.375. The van der Waals surface area contributed by atoms with E-state index in [1.165, 1.54) is 0 Å². The van der Waals surface area contributed by atoms with Gasteiger partial charge in [0.2, 0.25) is 0 Å². The topological polar surface area (TPSA) is 74.6 Å². The predicted octanol–water partition coefficient (Wildman–Crippen LogP) is 5.61. The van der Waals surface area contributed by atoms with Gasteiger partial charge in [0.15, 0.2) is 5.69 Å². The minimum Gasteiger partial charge on any atom is -0.489 e. The molecule has 2 aromatic carbocycles. The Morgan fingerprint density at radius 3 is 2.40 bits per heavy atom. The summed E-state index contributed by atoms with van der Waals surface area (Å²) >= 11 is 5.74. The number of nitrogens with one attached hydrogen (secondary N) is 1. The van der Waals surface area contributed by atoms with Gasteiger partial charge in [-0.2, -0.15) is 31.6 Å². The predicted molar refractivity (Wildman–Crippen MR) is 92.3 cm³/mol. The molecule has 0 fully saturated rings. The van der Waals surface area contributed by atoms with Crippen molar-refractivity contribution in [3.05, 3.63) is 63.8 Å². The first-order valence-corrected chi connectivity index (χ1v) is 8.39. The van der Waals surface area contributed by atoms with Gasteiger partial charge in [0, 0.05) is 16.1 Å². The van der Waals surface area contributed by atoms with Crippen LogP contribution in [-0.2, 0) is 19.0 Å². The number of nitriles is 1. The van der Waals surface area contributed by atoms with Crippen LogP contribution in [0, 0.1) is 11.3 Å². The van der Waals surface area contributed by atoms with Crippen LogP contribution in [0.25, 0.3) is 11.3 Å². The lowest BCUT2D eigenvalue weighted by Gasteiger charge is -2.16. The summed E-state index contributed by atoms with van der Waals surface area (Å²) in [6.07, 6.45) is -9.48. The normalized spacial score (nSPS) is 11.9. The van der Waals surface area contributed by atoms with Crippen molar-refractivity contribution in [1.29, 1.82) is 5.26 Å². The average Bonchev–Trinajstić information content (AvgIpc) is 3.13. The van der Waals surface area contributed by atoms with Gasteiger partial charge in [-0.05, 0) is 36.4 Å². The molecule has 1 heterocycles. The standard InChI is InChI=1S/C18H9ClF6N4O/c19-12-1-2-14(18(23,24)25)10(4-12)8-30-13-5-9(3-11(6-13)17(20,21)22)16-15(7-26)27-29-28-16/h1-6H,8H2,(H,27,28,29). The van der Waals surface area contributed by atoms with Gasteiger partial charge in [-0.15, -0.1) is 5.10 Å². The van der Waals surface area contributed by atoms with Gasteiger partial charge in [-0.3, -0.25) is 0 Å². The van der Waals surface area contributed by atoms with Gasteiger partial charge in [-0.1, -0.05) is 16.8 Å². The van der Waals surface area contributed by atoms with E-state index in [0.29, 0.717) is 6.07 Å². The molecule has 0 unspecified atom stereocenters. The molecule has 0 aliphatic heterocycles. The van der Waals surface area contributed by atoms with Crippen LogP contribution in [-0.4, -0.2) is 15.4 Å². The molecule has 0 saturated heterocycles. The molecule has 0 amide bonds. The van der Waals surface area contributed by atoms with Crippen molar-refractivity contribution in [2.24, 2.45) is 0 Å². The molecule has 3 aromatic rings. The molecule has 0 radical (unpaired) electrons. The summed E-state index contributed by atoms with van der Waals surface area (Å²) < 4.78 is 84.6.